The third-order valence-corrected chi connectivity index (χ3v) is 2.08. The zero-order valence-electron chi connectivity index (χ0n) is 5.80. The topological polar surface area (TPSA) is 54.7 Å². The minimum atomic E-state index is 0.200. The number of nitrogens with two attached hydrogens (primary N) is 1. The number of fused-ring (bicyclic) bond motifs is 1. The van der Waals surface area contributed by atoms with Gasteiger partial charge in [0.1, 0.15) is 0 Å². The molecule has 0 unspecified atom stereocenters. The molecule has 1 aliphatic rings. The Morgan fingerprint density at radius 1 is 1.70 bits per heavy atom. The van der Waals surface area contributed by atoms with Crippen LogP contribution in [-0.4, -0.2) is 10.2 Å². The molecular formula is C7H11N3. The fourth-order valence-electron chi connectivity index (χ4n) is 1.50. The monoisotopic (exact) mass is 137 g/mol. The molecule has 1 aromatic heterocycles. The van der Waals surface area contributed by atoms with Crippen LogP contribution in [0, 0.1) is 0 Å². The fraction of sp³-hybridized carbons (Fsp3) is 0.571. The molecule has 0 fully saturated rings. The van der Waals surface area contributed by atoms with Gasteiger partial charge in [-0.3, -0.25) is 5.10 Å². The Morgan fingerprint density at radius 3 is 3.40 bits per heavy atom. The molecule has 0 saturated heterocycles. The number of nitrogens with zero attached hydrogens (tertiary/aromatic N) is 1. The summed E-state index contributed by atoms with van der Waals surface area (Å²) < 4.78 is 0. The Bertz CT molecular complexity index is 229. The Hall–Kier alpha value is -0.830. The molecule has 1 aromatic rings. The van der Waals surface area contributed by atoms with E-state index < -0.39 is 0 Å². The number of aromatic nitrogens is 2. The van der Waals surface area contributed by atoms with Gasteiger partial charge in [-0.2, -0.15) is 5.10 Å². The van der Waals surface area contributed by atoms with E-state index in [9.17, 15) is 0 Å². The summed E-state index contributed by atoms with van der Waals surface area (Å²) in [5.74, 6) is 0. The number of hydrogen-bond acceptors (Lipinski definition) is 2. The Morgan fingerprint density at radius 2 is 2.60 bits per heavy atom. The van der Waals surface area contributed by atoms with Gasteiger partial charge in [0.15, 0.2) is 0 Å². The lowest BCUT2D eigenvalue weighted by Gasteiger charge is -2.16. The maximum absolute atomic E-state index is 5.82. The SMILES string of the molecule is N[C@H]1CCCc2cn[nH]c21. The van der Waals surface area contributed by atoms with Crippen LogP contribution in [0.5, 0.6) is 0 Å². The summed E-state index contributed by atoms with van der Waals surface area (Å²) in [6.07, 6.45) is 5.32. The van der Waals surface area contributed by atoms with Gasteiger partial charge in [-0.1, -0.05) is 0 Å². The molecule has 1 heterocycles. The molecular weight excluding hydrogens is 126 g/mol. The van der Waals surface area contributed by atoms with Crippen LogP contribution < -0.4 is 5.73 Å². The molecule has 0 radical (unpaired) electrons. The standard InChI is InChI=1S/C7H11N3/c8-6-3-1-2-5-4-9-10-7(5)6/h4,6H,1-3,8H2,(H,9,10)/t6-/m0/s1. The summed E-state index contributed by atoms with van der Waals surface area (Å²) in [6, 6.07) is 0.200. The maximum Gasteiger partial charge on any atom is 0.0551 e. The van der Waals surface area contributed by atoms with E-state index in [0.717, 1.165) is 18.5 Å². The molecule has 0 aromatic carbocycles. The van der Waals surface area contributed by atoms with Crippen molar-refractivity contribution in [2.45, 2.75) is 25.3 Å². The molecule has 10 heavy (non-hydrogen) atoms. The van der Waals surface area contributed by atoms with Crippen molar-refractivity contribution in [3.8, 4) is 0 Å². The third kappa shape index (κ3) is 0.743. The Labute approximate surface area is 59.6 Å². The van der Waals surface area contributed by atoms with Crippen molar-refractivity contribution in [3.63, 3.8) is 0 Å². The molecule has 0 amide bonds. The first-order valence-corrected chi connectivity index (χ1v) is 3.65. The number of hydrogen-bond donors (Lipinski definition) is 2. The molecule has 0 aliphatic heterocycles. The van der Waals surface area contributed by atoms with Gasteiger partial charge < -0.3 is 5.73 Å². The van der Waals surface area contributed by atoms with E-state index in [1.54, 1.807) is 0 Å². The quantitative estimate of drug-likeness (QED) is 0.554. The van der Waals surface area contributed by atoms with Crippen molar-refractivity contribution in [3.05, 3.63) is 17.5 Å². The molecule has 2 rings (SSSR count). The number of aryl methyl sites for hydroxylation is 1. The van der Waals surface area contributed by atoms with Crippen LogP contribution in [0.4, 0.5) is 0 Å². The zero-order valence-corrected chi connectivity index (χ0v) is 5.80. The van der Waals surface area contributed by atoms with E-state index in [2.05, 4.69) is 10.2 Å². The lowest BCUT2D eigenvalue weighted by atomic mass is 9.95. The highest BCUT2D eigenvalue weighted by atomic mass is 15.1. The minimum absolute atomic E-state index is 0.200. The lowest BCUT2D eigenvalue weighted by molar-refractivity contribution is 0.558. The number of nitrogens with one attached hydrogen (secondary N) is 1. The molecule has 54 valence electrons. The molecule has 3 nitrogen and oxygen atoms in total. The largest absolute Gasteiger partial charge is 0.323 e. The third-order valence-electron chi connectivity index (χ3n) is 2.08. The molecule has 1 atom stereocenters. The van der Waals surface area contributed by atoms with Crippen molar-refractivity contribution in [2.75, 3.05) is 0 Å². The second-order valence-corrected chi connectivity index (χ2v) is 2.81. The number of H-pyrrole nitrogens is 1. The second-order valence-electron chi connectivity index (χ2n) is 2.81. The zero-order chi connectivity index (χ0) is 6.97. The summed E-state index contributed by atoms with van der Waals surface area (Å²) >= 11 is 0. The van der Waals surface area contributed by atoms with E-state index in [4.69, 9.17) is 5.73 Å². The summed E-state index contributed by atoms with van der Waals surface area (Å²) in [5, 5.41) is 6.88. The molecule has 3 heteroatoms. The van der Waals surface area contributed by atoms with Crippen LogP contribution in [-0.2, 0) is 6.42 Å². The molecule has 3 N–H and O–H groups in total. The summed E-state index contributed by atoms with van der Waals surface area (Å²) in [6.45, 7) is 0. The van der Waals surface area contributed by atoms with Crippen LogP contribution in [0.2, 0.25) is 0 Å². The highest BCUT2D eigenvalue weighted by Crippen LogP contribution is 2.24. The van der Waals surface area contributed by atoms with Crippen molar-refractivity contribution in [1.82, 2.24) is 10.2 Å². The first kappa shape index (κ1) is 5.92. The molecule has 0 saturated carbocycles. The van der Waals surface area contributed by atoms with Crippen LogP contribution in [0.1, 0.15) is 30.1 Å². The minimum Gasteiger partial charge on any atom is -0.323 e. The highest BCUT2D eigenvalue weighted by molar-refractivity contribution is 5.22. The van der Waals surface area contributed by atoms with Gasteiger partial charge in [0, 0.05) is 6.04 Å². The van der Waals surface area contributed by atoms with Crippen LogP contribution in [0.3, 0.4) is 0 Å². The van der Waals surface area contributed by atoms with E-state index in [1.807, 2.05) is 6.20 Å². The van der Waals surface area contributed by atoms with Crippen molar-refractivity contribution >= 4 is 0 Å². The van der Waals surface area contributed by atoms with Gasteiger partial charge >= 0.3 is 0 Å². The van der Waals surface area contributed by atoms with Crippen molar-refractivity contribution < 1.29 is 0 Å². The van der Waals surface area contributed by atoms with Crippen LogP contribution in [0.25, 0.3) is 0 Å². The van der Waals surface area contributed by atoms with Crippen LogP contribution >= 0.6 is 0 Å². The summed E-state index contributed by atoms with van der Waals surface area (Å²) in [7, 11) is 0. The molecule has 0 spiro atoms. The maximum atomic E-state index is 5.82. The van der Waals surface area contributed by atoms with E-state index >= 15 is 0 Å². The lowest BCUT2D eigenvalue weighted by Crippen LogP contribution is -2.16. The normalized spacial score (nSPS) is 24.3. The molecule has 0 bridgehead atoms. The van der Waals surface area contributed by atoms with Crippen molar-refractivity contribution in [1.29, 1.82) is 0 Å². The first-order valence-electron chi connectivity index (χ1n) is 3.65. The fourth-order valence-corrected chi connectivity index (χ4v) is 1.50. The van der Waals surface area contributed by atoms with Crippen LogP contribution in [0.15, 0.2) is 6.20 Å². The Kier molecular flexibility index (Phi) is 1.24. The predicted octanol–water partition coefficient (Wildman–Crippen LogP) is 0.746. The van der Waals surface area contributed by atoms with Gasteiger partial charge in [0.05, 0.1) is 11.9 Å². The smallest absolute Gasteiger partial charge is 0.0551 e. The number of rotatable bonds is 0. The van der Waals surface area contributed by atoms with Crippen molar-refractivity contribution in [2.24, 2.45) is 5.73 Å². The van der Waals surface area contributed by atoms with Gasteiger partial charge in [0.2, 0.25) is 0 Å². The summed E-state index contributed by atoms with van der Waals surface area (Å²) in [4.78, 5) is 0. The summed E-state index contributed by atoms with van der Waals surface area (Å²) in [5.41, 5.74) is 8.27. The molecule has 1 aliphatic carbocycles. The average molecular weight is 137 g/mol. The highest BCUT2D eigenvalue weighted by Gasteiger charge is 2.17. The second kappa shape index (κ2) is 2.09. The van der Waals surface area contributed by atoms with E-state index in [1.165, 1.54) is 12.0 Å². The van der Waals surface area contributed by atoms with Gasteiger partial charge in [-0.25, -0.2) is 0 Å². The predicted molar refractivity (Wildman–Crippen MR) is 38.5 cm³/mol. The van der Waals surface area contributed by atoms with E-state index in [-0.39, 0.29) is 6.04 Å². The van der Waals surface area contributed by atoms with Gasteiger partial charge in [-0.15, -0.1) is 0 Å². The van der Waals surface area contributed by atoms with E-state index in [0.29, 0.717) is 0 Å². The van der Waals surface area contributed by atoms with Gasteiger partial charge in [0.25, 0.3) is 0 Å². The average Bonchev–Trinajstić information content (AvgIpc) is 2.36. The number of aromatic amines is 1. The first-order chi connectivity index (χ1) is 4.88. The Balaban J connectivity index is 2.41. The van der Waals surface area contributed by atoms with Gasteiger partial charge in [-0.05, 0) is 24.8 Å².